The highest BCUT2D eigenvalue weighted by molar-refractivity contribution is 7.92. The van der Waals surface area contributed by atoms with E-state index in [0.29, 0.717) is 6.54 Å². The molecule has 0 saturated carbocycles. The fourth-order valence-electron chi connectivity index (χ4n) is 1.75. The minimum absolute atomic E-state index is 0.0142. The molecule has 0 heterocycles. The summed E-state index contributed by atoms with van der Waals surface area (Å²) in [7, 11) is -1.48. The second kappa shape index (κ2) is 7.13. The third-order valence-corrected chi connectivity index (χ3v) is 4.37. The van der Waals surface area contributed by atoms with E-state index in [2.05, 4.69) is 5.32 Å². The molecule has 21 heavy (non-hydrogen) atoms. The molecule has 0 unspecified atom stereocenters. The number of hydrogen-bond acceptors (Lipinski definition) is 4. The molecular formula is C13H19F3N2O2S. The van der Waals surface area contributed by atoms with E-state index in [1.165, 1.54) is 18.2 Å². The van der Waals surface area contributed by atoms with E-state index in [9.17, 15) is 21.6 Å². The number of nitrogens with zero attached hydrogens (tertiary/aromatic N) is 1. The van der Waals surface area contributed by atoms with Gasteiger partial charge in [0.05, 0.1) is 10.6 Å². The van der Waals surface area contributed by atoms with Crippen molar-refractivity contribution < 1.29 is 21.6 Å². The smallest absolute Gasteiger partial charge is 0.384 e. The summed E-state index contributed by atoms with van der Waals surface area (Å²) in [5.74, 6) is 0. The van der Waals surface area contributed by atoms with Crippen LogP contribution in [0.1, 0.15) is 12.8 Å². The average Bonchev–Trinajstić information content (AvgIpc) is 2.37. The number of rotatable bonds is 7. The fourth-order valence-corrected chi connectivity index (χ4v) is 2.68. The first-order valence-corrected chi connectivity index (χ1v) is 7.93. The first kappa shape index (κ1) is 17.8. The van der Waals surface area contributed by atoms with Crippen molar-refractivity contribution in [2.45, 2.75) is 23.2 Å². The number of benzene rings is 1. The zero-order chi connectivity index (χ0) is 16.1. The third-order valence-electron chi connectivity index (χ3n) is 2.83. The van der Waals surface area contributed by atoms with Gasteiger partial charge in [-0.3, -0.25) is 0 Å². The van der Waals surface area contributed by atoms with Crippen LogP contribution in [0.4, 0.5) is 18.9 Å². The Kier molecular flexibility index (Phi) is 6.03. The summed E-state index contributed by atoms with van der Waals surface area (Å²) in [5, 5.41) is 2.77. The van der Waals surface area contributed by atoms with Gasteiger partial charge in [0.25, 0.3) is 9.84 Å². The van der Waals surface area contributed by atoms with Crippen molar-refractivity contribution in [2.75, 3.05) is 32.5 Å². The largest absolute Gasteiger partial charge is 0.501 e. The maximum absolute atomic E-state index is 12.6. The second-order valence-electron chi connectivity index (χ2n) is 4.88. The van der Waals surface area contributed by atoms with Crippen LogP contribution in [0.2, 0.25) is 0 Å². The molecule has 0 saturated heterocycles. The molecule has 8 heteroatoms. The zero-order valence-electron chi connectivity index (χ0n) is 11.9. The lowest BCUT2D eigenvalue weighted by molar-refractivity contribution is -0.0435. The van der Waals surface area contributed by atoms with Crippen LogP contribution in [0.5, 0.6) is 0 Å². The number of alkyl halides is 3. The molecule has 120 valence electrons. The summed E-state index contributed by atoms with van der Waals surface area (Å²) >= 11 is 0. The van der Waals surface area contributed by atoms with Gasteiger partial charge in [0, 0.05) is 6.54 Å². The molecule has 0 bridgehead atoms. The minimum atomic E-state index is -5.33. The highest BCUT2D eigenvalue weighted by Crippen LogP contribution is 2.34. The average molecular weight is 324 g/mol. The molecule has 1 N–H and O–H groups in total. The Balaban J connectivity index is 2.77. The number of nitrogens with one attached hydrogen (secondary N) is 1. The Morgan fingerprint density at radius 1 is 1.14 bits per heavy atom. The molecule has 1 aromatic carbocycles. The predicted octanol–water partition coefficient (Wildman–Crippen LogP) is 2.73. The zero-order valence-corrected chi connectivity index (χ0v) is 12.8. The molecule has 0 aliphatic heterocycles. The lowest BCUT2D eigenvalue weighted by Crippen LogP contribution is -2.24. The molecule has 0 aliphatic carbocycles. The van der Waals surface area contributed by atoms with Gasteiger partial charge in [0.1, 0.15) is 0 Å². The van der Waals surface area contributed by atoms with E-state index < -0.39 is 20.2 Å². The lowest BCUT2D eigenvalue weighted by atomic mass is 10.2. The number of unbranched alkanes of at least 4 members (excludes halogenated alkanes) is 1. The number of sulfone groups is 1. The summed E-state index contributed by atoms with van der Waals surface area (Å²) in [4.78, 5) is 1.27. The van der Waals surface area contributed by atoms with Gasteiger partial charge in [-0.25, -0.2) is 8.42 Å². The Morgan fingerprint density at radius 3 is 2.33 bits per heavy atom. The molecule has 0 aliphatic rings. The SMILES string of the molecule is CN(C)CCCCNc1ccccc1S(=O)(=O)C(F)(F)F. The van der Waals surface area contributed by atoms with Crippen LogP contribution >= 0.6 is 0 Å². The molecular weight excluding hydrogens is 305 g/mol. The lowest BCUT2D eigenvalue weighted by Gasteiger charge is -2.14. The van der Waals surface area contributed by atoms with Crippen molar-refractivity contribution in [2.24, 2.45) is 0 Å². The number of anilines is 1. The molecule has 0 aromatic heterocycles. The third kappa shape index (κ3) is 4.89. The van der Waals surface area contributed by atoms with Crippen LogP contribution in [-0.2, 0) is 9.84 Å². The van der Waals surface area contributed by atoms with Gasteiger partial charge in [-0.2, -0.15) is 13.2 Å². The van der Waals surface area contributed by atoms with Gasteiger partial charge in [0.2, 0.25) is 0 Å². The van der Waals surface area contributed by atoms with E-state index >= 15 is 0 Å². The molecule has 1 rings (SSSR count). The summed E-state index contributed by atoms with van der Waals surface area (Å²) in [5.41, 5.74) is -5.31. The van der Waals surface area contributed by atoms with Crippen molar-refractivity contribution in [3.8, 4) is 0 Å². The number of para-hydroxylation sites is 1. The summed E-state index contributed by atoms with van der Waals surface area (Å²) in [6, 6.07) is 5.07. The maximum atomic E-state index is 12.6. The Hall–Kier alpha value is -1.28. The summed E-state index contributed by atoms with van der Waals surface area (Å²) in [6.07, 6.45) is 1.60. The van der Waals surface area contributed by atoms with Crippen molar-refractivity contribution in [3.63, 3.8) is 0 Å². The van der Waals surface area contributed by atoms with Crippen molar-refractivity contribution in [1.29, 1.82) is 0 Å². The first-order chi connectivity index (χ1) is 9.66. The highest BCUT2D eigenvalue weighted by atomic mass is 32.2. The standard InChI is InChI=1S/C13H19F3N2O2S/c1-18(2)10-6-5-9-17-11-7-3-4-8-12(11)21(19,20)13(14,15)16/h3-4,7-8,17H,5-6,9-10H2,1-2H3. The number of halogens is 3. The highest BCUT2D eigenvalue weighted by Gasteiger charge is 2.47. The van der Waals surface area contributed by atoms with Crippen LogP contribution in [-0.4, -0.2) is 46.0 Å². The Morgan fingerprint density at radius 2 is 1.76 bits per heavy atom. The Labute approximate surface area is 122 Å². The second-order valence-corrected chi connectivity index (χ2v) is 6.79. The van der Waals surface area contributed by atoms with E-state index in [1.54, 1.807) is 0 Å². The van der Waals surface area contributed by atoms with Crippen LogP contribution < -0.4 is 5.32 Å². The van der Waals surface area contributed by atoms with Crippen molar-refractivity contribution in [3.05, 3.63) is 24.3 Å². The van der Waals surface area contributed by atoms with Crippen LogP contribution in [0, 0.1) is 0 Å². The van der Waals surface area contributed by atoms with Crippen LogP contribution in [0.15, 0.2) is 29.2 Å². The van der Waals surface area contributed by atoms with E-state index in [4.69, 9.17) is 0 Å². The van der Waals surface area contributed by atoms with Crippen molar-refractivity contribution >= 4 is 15.5 Å². The molecule has 0 spiro atoms. The summed E-state index contributed by atoms with van der Waals surface area (Å²) < 4.78 is 60.8. The molecule has 0 radical (unpaired) electrons. The molecule has 0 atom stereocenters. The Bertz CT molecular complexity index is 557. The quantitative estimate of drug-likeness (QED) is 0.784. The molecule has 0 fully saturated rings. The van der Waals surface area contributed by atoms with Gasteiger partial charge >= 0.3 is 5.51 Å². The van der Waals surface area contributed by atoms with Gasteiger partial charge < -0.3 is 10.2 Å². The predicted molar refractivity (Wildman–Crippen MR) is 76.0 cm³/mol. The van der Waals surface area contributed by atoms with E-state index in [0.717, 1.165) is 25.5 Å². The van der Waals surface area contributed by atoms with Gasteiger partial charge in [-0.05, 0) is 45.6 Å². The van der Waals surface area contributed by atoms with Crippen LogP contribution in [0.3, 0.4) is 0 Å². The van der Waals surface area contributed by atoms with E-state index in [1.807, 2.05) is 19.0 Å². The van der Waals surface area contributed by atoms with Gasteiger partial charge in [-0.1, -0.05) is 12.1 Å². The minimum Gasteiger partial charge on any atom is -0.384 e. The maximum Gasteiger partial charge on any atom is 0.501 e. The fraction of sp³-hybridized carbons (Fsp3) is 0.538. The van der Waals surface area contributed by atoms with Gasteiger partial charge in [0.15, 0.2) is 0 Å². The molecule has 4 nitrogen and oxygen atoms in total. The van der Waals surface area contributed by atoms with Gasteiger partial charge in [-0.15, -0.1) is 0 Å². The van der Waals surface area contributed by atoms with E-state index in [-0.39, 0.29) is 5.69 Å². The monoisotopic (exact) mass is 324 g/mol. The summed E-state index contributed by atoms with van der Waals surface area (Å²) in [6.45, 7) is 1.28. The van der Waals surface area contributed by atoms with Crippen molar-refractivity contribution in [1.82, 2.24) is 4.90 Å². The number of hydrogen-bond donors (Lipinski definition) is 1. The van der Waals surface area contributed by atoms with Crippen LogP contribution in [0.25, 0.3) is 0 Å². The molecule has 1 aromatic rings. The normalized spacial score (nSPS) is 12.7. The topological polar surface area (TPSA) is 49.4 Å². The molecule has 0 amide bonds. The first-order valence-electron chi connectivity index (χ1n) is 6.45.